The fraction of sp³-hybridized carbons (Fsp3) is 0.750. The van der Waals surface area contributed by atoms with Gasteiger partial charge in [0.1, 0.15) is 0 Å². The van der Waals surface area contributed by atoms with Crippen LogP contribution < -0.4 is 0 Å². The van der Waals surface area contributed by atoms with Crippen LogP contribution in [0.15, 0.2) is 0 Å². The van der Waals surface area contributed by atoms with Crippen molar-refractivity contribution in [3.63, 3.8) is 0 Å². The maximum Gasteiger partial charge on any atom is 0.339 e. The van der Waals surface area contributed by atoms with E-state index in [2.05, 4.69) is 0 Å². The summed E-state index contributed by atoms with van der Waals surface area (Å²) >= 11 is 0. The normalized spacial score (nSPS) is 21.2. The Morgan fingerprint density at radius 2 is 0.955 bits per heavy atom. The van der Waals surface area contributed by atoms with Crippen molar-refractivity contribution in [2.24, 2.45) is 0 Å². The molecule has 1 fully saturated rings. The van der Waals surface area contributed by atoms with Crippen LogP contribution in [-0.4, -0.2) is 94.8 Å². The third-order valence-corrected chi connectivity index (χ3v) is 5.13. The molecule has 0 saturated carbocycles. The fourth-order valence-electron chi connectivity index (χ4n) is 2.15. The van der Waals surface area contributed by atoms with Gasteiger partial charge in [-0.1, -0.05) is 0 Å². The summed E-state index contributed by atoms with van der Waals surface area (Å²) in [5, 5.41) is 13.2. The van der Waals surface area contributed by atoms with Gasteiger partial charge in [-0.05, 0) is 0 Å². The number of hydrogen-bond acceptors (Lipinski definition) is 8. The van der Waals surface area contributed by atoms with Crippen LogP contribution in [0.2, 0.25) is 0 Å². The molecule has 12 nitrogen and oxygen atoms in total. The molecule has 4 N–H and O–H groups in total. The zero-order valence-electron chi connectivity index (χ0n) is 10.9. The second kappa shape index (κ2) is 6.43. The van der Waals surface area contributed by atoms with E-state index < -0.39 is 42.9 Å². The highest BCUT2D eigenvalue weighted by atomic mass is 32.2. The van der Waals surface area contributed by atoms with E-state index in [9.17, 15) is 26.4 Å². The van der Waals surface area contributed by atoms with Crippen molar-refractivity contribution in [3.8, 4) is 0 Å². The molecule has 14 heteroatoms. The van der Waals surface area contributed by atoms with Crippen molar-refractivity contribution in [2.45, 2.75) is 10.7 Å². The minimum atomic E-state index is -4.92. The Hall–Kier alpha value is -1.32. The van der Waals surface area contributed by atoms with Crippen LogP contribution in [0.3, 0.4) is 0 Å². The van der Waals surface area contributed by atoms with Gasteiger partial charge in [0.05, 0.1) is 0 Å². The molecule has 2 atom stereocenters. The van der Waals surface area contributed by atoms with Crippen molar-refractivity contribution in [1.29, 1.82) is 0 Å². The van der Waals surface area contributed by atoms with E-state index in [1.807, 2.05) is 0 Å². The first-order valence-electron chi connectivity index (χ1n) is 5.72. The summed E-state index contributed by atoms with van der Waals surface area (Å²) in [5.41, 5.74) is 0. The van der Waals surface area contributed by atoms with Gasteiger partial charge in [0, 0.05) is 26.2 Å². The van der Waals surface area contributed by atoms with Crippen molar-refractivity contribution in [1.82, 2.24) is 9.80 Å². The monoisotopic (exact) mass is 362 g/mol. The minimum Gasteiger partial charge on any atom is -0.479 e. The third kappa shape index (κ3) is 4.34. The Morgan fingerprint density at radius 3 is 1.09 bits per heavy atom. The first-order valence-corrected chi connectivity index (χ1v) is 8.72. The summed E-state index contributed by atoms with van der Waals surface area (Å²) in [7, 11) is -9.84. The van der Waals surface area contributed by atoms with Gasteiger partial charge in [0.2, 0.25) is 10.7 Å². The number of nitrogens with zero attached hydrogens (tertiary/aromatic N) is 2. The Bertz CT molecular complexity index is 590. The molecule has 0 amide bonds. The minimum absolute atomic E-state index is 0.337. The quantitative estimate of drug-likeness (QED) is 0.355. The fourth-order valence-corrected chi connectivity index (χ4v) is 3.84. The van der Waals surface area contributed by atoms with Crippen molar-refractivity contribution < 1.29 is 45.7 Å². The van der Waals surface area contributed by atoms with Gasteiger partial charge in [-0.3, -0.25) is 18.9 Å². The number of aliphatic carboxylic acids is 2. The molecule has 1 aliphatic rings. The van der Waals surface area contributed by atoms with Gasteiger partial charge in [0.15, 0.2) is 0 Å². The van der Waals surface area contributed by atoms with E-state index in [-0.39, 0.29) is 26.2 Å². The van der Waals surface area contributed by atoms with Gasteiger partial charge in [-0.2, -0.15) is 16.8 Å². The predicted octanol–water partition coefficient (Wildman–Crippen LogP) is -2.80. The molecule has 1 saturated heterocycles. The lowest BCUT2D eigenvalue weighted by Gasteiger charge is -2.37. The number of piperazine rings is 1. The standard InChI is InChI=1S/C8H14N2O10S2/c11-7(12)5(21(15,16)17)9-1-2-10(4-3-9)6(8(13)14)22(18,19)20/h5-6H,1-4H2,(H,11,12)(H,13,14)(H,15,16,17)(H,18,19,20). The van der Waals surface area contributed by atoms with Gasteiger partial charge >= 0.3 is 11.9 Å². The first-order chi connectivity index (χ1) is 9.85. The summed E-state index contributed by atoms with van der Waals surface area (Å²) < 4.78 is 62.0. The highest BCUT2D eigenvalue weighted by Gasteiger charge is 2.43. The number of carboxylic acids is 2. The Balaban J connectivity index is 2.90. The van der Waals surface area contributed by atoms with Gasteiger partial charge in [-0.25, -0.2) is 9.59 Å². The van der Waals surface area contributed by atoms with E-state index >= 15 is 0 Å². The van der Waals surface area contributed by atoms with E-state index in [1.54, 1.807) is 0 Å². The highest BCUT2D eigenvalue weighted by molar-refractivity contribution is 7.87. The molecular formula is C8H14N2O10S2. The Labute approximate surface area is 125 Å². The smallest absolute Gasteiger partial charge is 0.339 e. The summed E-state index contributed by atoms with van der Waals surface area (Å²) in [4.78, 5) is 23.5. The van der Waals surface area contributed by atoms with Gasteiger partial charge in [0.25, 0.3) is 20.2 Å². The largest absolute Gasteiger partial charge is 0.479 e. The lowest BCUT2D eigenvalue weighted by Crippen LogP contribution is -2.59. The lowest BCUT2D eigenvalue weighted by molar-refractivity contribution is -0.144. The molecule has 0 aromatic rings. The molecular weight excluding hydrogens is 348 g/mol. The first kappa shape index (κ1) is 18.7. The van der Waals surface area contributed by atoms with Crippen LogP contribution in [0.5, 0.6) is 0 Å². The molecule has 1 aliphatic heterocycles. The molecule has 2 unspecified atom stereocenters. The summed E-state index contributed by atoms with van der Waals surface area (Å²) in [6.07, 6.45) is 0. The van der Waals surface area contributed by atoms with Crippen LogP contribution >= 0.6 is 0 Å². The SMILES string of the molecule is O=C(O)C(N1CCN(C(C(=O)O)S(=O)(=O)O)CC1)S(=O)(=O)O. The zero-order chi connectivity index (χ0) is 17.3. The Kier molecular flexibility index (Phi) is 5.47. The molecule has 1 rings (SSSR count). The van der Waals surface area contributed by atoms with Crippen LogP contribution in [0, 0.1) is 0 Å². The summed E-state index contributed by atoms with van der Waals surface area (Å²) in [6, 6.07) is 0. The van der Waals surface area contributed by atoms with Crippen molar-refractivity contribution >= 4 is 32.2 Å². The molecule has 0 aliphatic carbocycles. The highest BCUT2D eigenvalue weighted by Crippen LogP contribution is 2.15. The summed E-state index contributed by atoms with van der Waals surface area (Å²) in [5.74, 6) is -3.64. The molecule has 0 aromatic heterocycles. The average molecular weight is 362 g/mol. The van der Waals surface area contributed by atoms with Gasteiger partial charge in [-0.15, -0.1) is 0 Å². The van der Waals surface area contributed by atoms with Crippen molar-refractivity contribution in [2.75, 3.05) is 26.2 Å². The Morgan fingerprint density at radius 1 is 0.727 bits per heavy atom. The van der Waals surface area contributed by atoms with Crippen molar-refractivity contribution in [3.05, 3.63) is 0 Å². The zero-order valence-corrected chi connectivity index (χ0v) is 12.6. The molecule has 22 heavy (non-hydrogen) atoms. The molecule has 0 aromatic carbocycles. The second-order valence-corrected chi connectivity index (χ2v) is 7.44. The number of rotatable bonds is 6. The molecule has 128 valence electrons. The van der Waals surface area contributed by atoms with Crippen LogP contribution in [0.25, 0.3) is 0 Å². The molecule has 0 spiro atoms. The number of carboxylic acid groups (broad SMARTS) is 2. The van der Waals surface area contributed by atoms with E-state index in [0.29, 0.717) is 0 Å². The van der Waals surface area contributed by atoms with Crippen LogP contribution in [-0.2, 0) is 29.8 Å². The average Bonchev–Trinajstić information content (AvgIpc) is 2.26. The lowest BCUT2D eigenvalue weighted by atomic mass is 10.3. The second-order valence-electron chi connectivity index (χ2n) is 4.48. The maximum absolute atomic E-state index is 11.0. The molecule has 0 bridgehead atoms. The van der Waals surface area contributed by atoms with Crippen LogP contribution in [0.1, 0.15) is 0 Å². The molecule has 0 radical (unpaired) electrons. The predicted molar refractivity (Wildman–Crippen MR) is 69.1 cm³/mol. The van der Waals surface area contributed by atoms with E-state index in [0.717, 1.165) is 9.80 Å². The topological polar surface area (TPSA) is 190 Å². The maximum atomic E-state index is 11.0. The third-order valence-electron chi connectivity index (χ3n) is 3.00. The van der Waals surface area contributed by atoms with Gasteiger partial charge < -0.3 is 10.2 Å². The molecule has 1 heterocycles. The number of hydrogen-bond donors (Lipinski definition) is 4. The van der Waals surface area contributed by atoms with E-state index in [4.69, 9.17) is 19.3 Å². The van der Waals surface area contributed by atoms with Crippen LogP contribution in [0.4, 0.5) is 0 Å². The van der Waals surface area contributed by atoms with E-state index in [1.165, 1.54) is 0 Å². The number of carbonyl (C=O) groups is 2. The summed E-state index contributed by atoms with van der Waals surface area (Å²) in [6.45, 7) is -1.35.